The summed E-state index contributed by atoms with van der Waals surface area (Å²) in [6.45, 7) is 6.05. The largest absolute Gasteiger partial charge is 0.356 e. The van der Waals surface area contributed by atoms with Crippen molar-refractivity contribution in [1.82, 2.24) is 10.2 Å². The lowest BCUT2D eigenvalue weighted by molar-refractivity contribution is -0.132. The number of amides is 2. The second-order valence-electron chi connectivity index (χ2n) is 8.10. The number of nitrogens with zero attached hydrogens (tertiary/aromatic N) is 1. The SMILES string of the molecule is CCCCCC(=O)N(CCC)CCC(=O)NCCC(c1ccccc1)c1ccccc1. The predicted molar refractivity (Wildman–Crippen MR) is 128 cm³/mol. The highest BCUT2D eigenvalue weighted by atomic mass is 16.2. The second kappa shape index (κ2) is 14.4. The molecule has 31 heavy (non-hydrogen) atoms. The number of benzene rings is 2. The molecule has 0 aliphatic rings. The number of hydrogen-bond acceptors (Lipinski definition) is 2. The van der Waals surface area contributed by atoms with Crippen LogP contribution in [0.25, 0.3) is 0 Å². The van der Waals surface area contributed by atoms with Gasteiger partial charge in [0.25, 0.3) is 0 Å². The van der Waals surface area contributed by atoms with Gasteiger partial charge in [-0.25, -0.2) is 0 Å². The van der Waals surface area contributed by atoms with Crippen molar-refractivity contribution in [2.75, 3.05) is 19.6 Å². The summed E-state index contributed by atoms with van der Waals surface area (Å²) >= 11 is 0. The Balaban J connectivity index is 1.84. The van der Waals surface area contributed by atoms with E-state index in [2.05, 4.69) is 67.7 Å². The highest BCUT2D eigenvalue weighted by molar-refractivity contribution is 5.79. The molecule has 0 saturated heterocycles. The minimum absolute atomic E-state index is 0.0161. The zero-order valence-electron chi connectivity index (χ0n) is 19.2. The number of nitrogens with one attached hydrogen (secondary N) is 1. The molecule has 2 aromatic rings. The normalized spacial score (nSPS) is 10.8. The first kappa shape index (κ1) is 24.6. The Kier molecular flexibility index (Phi) is 11.4. The van der Waals surface area contributed by atoms with Crippen LogP contribution in [0.15, 0.2) is 60.7 Å². The number of unbranched alkanes of at least 4 members (excludes halogenated alkanes) is 2. The third-order valence-corrected chi connectivity index (χ3v) is 5.61. The van der Waals surface area contributed by atoms with Gasteiger partial charge >= 0.3 is 0 Å². The molecular formula is C27H38N2O2. The van der Waals surface area contributed by atoms with Crippen molar-refractivity contribution >= 4 is 11.8 Å². The van der Waals surface area contributed by atoms with Gasteiger partial charge in [-0.15, -0.1) is 0 Å². The van der Waals surface area contributed by atoms with Gasteiger partial charge in [0.1, 0.15) is 0 Å². The van der Waals surface area contributed by atoms with Crippen molar-refractivity contribution in [3.63, 3.8) is 0 Å². The van der Waals surface area contributed by atoms with E-state index in [1.165, 1.54) is 11.1 Å². The Morgan fingerprint density at radius 2 is 1.42 bits per heavy atom. The Morgan fingerprint density at radius 3 is 1.97 bits per heavy atom. The summed E-state index contributed by atoms with van der Waals surface area (Å²) in [5, 5.41) is 3.06. The zero-order valence-corrected chi connectivity index (χ0v) is 19.2. The van der Waals surface area contributed by atoms with E-state index in [0.29, 0.717) is 25.9 Å². The molecule has 0 aliphatic carbocycles. The van der Waals surface area contributed by atoms with E-state index in [1.807, 2.05) is 17.0 Å². The summed E-state index contributed by atoms with van der Waals surface area (Å²) in [5.74, 6) is 0.443. The Hall–Kier alpha value is -2.62. The summed E-state index contributed by atoms with van der Waals surface area (Å²) in [4.78, 5) is 26.7. The van der Waals surface area contributed by atoms with Gasteiger partial charge in [-0.2, -0.15) is 0 Å². The maximum Gasteiger partial charge on any atom is 0.222 e. The van der Waals surface area contributed by atoms with Crippen LogP contribution in [-0.4, -0.2) is 36.3 Å². The molecule has 168 valence electrons. The van der Waals surface area contributed by atoms with Gasteiger partial charge in [0.2, 0.25) is 11.8 Å². The molecule has 2 amide bonds. The summed E-state index contributed by atoms with van der Waals surface area (Å²) in [6.07, 6.45) is 5.83. The second-order valence-corrected chi connectivity index (χ2v) is 8.10. The van der Waals surface area contributed by atoms with Gasteiger partial charge in [-0.05, 0) is 30.4 Å². The topological polar surface area (TPSA) is 49.4 Å². The van der Waals surface area contributed by atoms with E-state index in [-0.39, 0.29) is 17.7 Å². The minimum atomic E-state index is 0.0161. The number of carbonyl (C=O) groups is 2. The van der Waals surface area contributed by atoms with Gasteiger partial charge in [-0.3, -0.25) is 9.59 Å². The lowest BCUT2D eigenvalue weighted by atomic mass is 9.88. The molecule has 1 N–H and O–H groups in total. The van der Waals surface area contributed by atoms with Crippen LogP contribution >= 0.6 is 0 Å². The van der Waals surface area contributed by atoms with Crippen LogP contribution in [0, 0.1) is 0 Å². The predicted octanol–water partition coefficient (Wildman–Crippen LogP) is 5.53. The molecule has 2 aromatic carbocycles. The highest BCUT2D eigenvalue weighted by Crippen LogP contribution is 2.27. The Morgan fingerprint density at radius 1 is 0.806 bits per heavy atom. The molecule has 0 bridgehead atoms. The lowest BCUT2D eigenvalue weighted by Gasteiger charge is -2.22. The molecule has 0 aliphatic heterocycles. The molecule has 0 aromatic heterocycles. The van der Waals surface area contributed by atoms with Crippen LogP contribution < -0.4 is 5.32 Å². The van der Waals surface area contributed by atoms with Crippen LogP contribution in [0.2, 0.25) is 0 Å². The fraction of sp³-hybridized carbons (Fsp3) is 0.481. The van der Waals surface area contributed by atoms with E-state index in [1.54, 1.807) is 0 Å². The van der Waals surface area contributed by atoms with Crippen molar-refractivity contribution in [1.29, 1.82) is 0 Å². The first-order chi connectivity index (χ1) is 15.2. The molecule has 0 fully saturated rings. The average molecular weight is 423 g/mol. The Labute approximate surface area is 188 Å². The summed E-state index contributed by atoms with van der Waals surface area (Å²) in [7, 11) is 0. The minimum Gasteiger partial charge on any atom is -0.356 e. The molecule has 4 nitrogen and oxygen atoms in total. The van der Waals surface area contributed by atoms with Crippen LogP contribution in [0.1, 0.15) is 75.8 Å². The van der Waals surface area contributed by atoms with Crippen molar-refractivity contribution in [2.45, 2.75) is 64.7 Å². The molecule has 4 heteroatoms. The summed E-state index contributed by atoms with van der Waals surface area (Å²) in [6, 6.07) is 20.9. The highest BCUT2D eigenvalue weighted by Gasteiger charge is 2.16. The molecule has 0 heterocycles. The first-order valence-corrected chi connectivity index (χ1v) is 11.8. The molecular weight excluding hydrogens is 384 g/mol. The maximum absolute atomic E-state index is 12.4. The number of hydrogen-bond donors (Lipinski definition) is 1. The summed E-state index contributed by atoms with van der Waals surface area (Å²) in [5.41, 5.74) is 2.52. The van der Waals surface area contributed by atoms with Crippen LogP contribution in [0.5, 0.6) is 0 Å². The fourth-order valence-electron chi connectivity index (χ4n) is 3.89. The standard InChI is InChI=1S/C27H38N2O2/c1-3-5-8-17-27(31)29(21-4-2)22-19-26(30)28-20-18-25(23-13-9-6-10-14-23)24-15-11-7-12-16-24/h6-7,9-16,25H,3-5,8,17-22H2,1-2H3,(H,28,30). The average Bonchev–Trinajstić information content (AvgIpc) is 2.80. The van der Waals surface area contributed by atoms with Crippen molar-refractivity contribution in [3.8, 4) is 0 Å². The molecule has 2 rings (SSSR count). The molecule has 0 spiro atoms. The quantitative estimate of drug-likeness (QED) is 0.407. The fourth-order valence-corrected chi connectivity index (χ4v) is 3.89. The first-order valence-electron chi connectivity index (χ1n) is 11.8. The Bertz CT molecular complexity index is 722. The van der Waals surface area contributed by atoms with Crippen LogP contribution in [0.3, 0.4) is 0 Å². The van der Waals surface area contributed by atoms with Crippen LogP contribution in [0.4, 0.5) is 0 Å². The van der Waals surface area contributed by atoms with E-state index in [0.717, 1.165) is 38.6 Å². The van der Waals surface area contributed by atoms with Crippen molar-refractivity contribution in [2.24, 2.45) is 0 Å². The molecule has 0 saturated carbocycles. The van der Waals surface area contributed by atoms with Crippen LogP contribution in [-0.2, 0) is 9.59 Å². The van der Waals surface area contributed by atoms with E-state index >= 15 is 0 Å². The third kappa shape index (κ3) is 8.95. The van der Waals surface area contributed by atoms with Gasteiger partial charge in [-0.1, -0.05) is 87.4 Å². The van der Waals surface area contributed by atoms with E-state index in [4.69, 9.17) is 0 Å². The summed E-state index contributed by atoms with van der Waals surface area (Å²) < 4.78 is 0. The third-order valence-electron chi connectivity index (χ3n) is 5.61. The van der Waals surface area contributed by atoms with Crippen molar-refractivity contribution < 1.29 is 9.59 Å². The van der Waals surface area contributed by atoms with Crippen molar-refractivity contribution in [3.05, 3.63) is 71.8 Å². The zero-order chi connectivity index (χ0) is 22.3. The van der Waals surface area contributed by atoms with Gasteiger partial charge < -0.3 is 10.2 Å². The van der Waals surface area contributed by atoms with Gasteiger partial charge in [0.15, 0.2) is 0 Å². The number of rotatable bonds is 14. The van der Waals surface area contributed by atoms with Gasteiger partial charge in [0, 0.05) is 38.4 Å². The monoisotopic (exact) mass is 422 g/mol. The maximum atomic E-state index is 12.4. The molecule has 0 radical (unpaired) electrons. The molecule has 0 atom stereocenters. The van der Waals surface area contributed by atoms with Gasteiger partial charge in [0.05, 0.1) is 0 Å². The smallest absolute Gasteiger partial charge is 0.222 e. The number of carbonyl (C=O) groups excluding carboxylic acids is 2. The molecule has 0 unspecified atom stereocenters. The van der Waals surface area contributed by atoms with E-state index in [9.17, 15) is 9.59 Å². The lowest BCUT2D eigenvalue weighted by Crippen LogP contribution is -2.36. The van der Waals surface area contributed by atoms with E-state index < -0.39 is 0 Å².